The molecule has 1 rings (SSSR count). The molecular formula is C10H9NO5. The topological polar surface area (TPSA) is 86.5 Å². The van der Waals surface area contributed by atoms with Crippen LogP contribution in [0.25, 0.3) is 0 Å². The molecule has 6 heteroatoms. The van der Waals surface area contributed by atoms with Crippen LogP contribution in [0.3, 0.4) is 0 Å². The molecule has 0 saturated carbocycles. The monoisotopic (exact) mass is 223 g/mol. The number of rotatable bonds is 3. The van der Waals surface area contributed by atoms with Gasteiger partial charge in [-0.25, -0.2) is 4.79 Å². The Morgan fingerprint density at radius 3 is 2.31 bits per heavy atom. The van der Waals surface area contributed by atoms with Crippen molar-refractivity contribution in [3.8, 4) is 0 Å². The minimum atomic E-state index is -0.804. The van der Waals surface area contributed by atoms with Gasteiger partial charge in [-0.2, -0.15) is 0 Å². The summed E-state index contributed by atoms with van der Waals surface area (Å²) in [5.74, 6) is -1.44. The summed E-state index contributed by atoms with van der Waals surface area (Å²) in [6.45, 7) is 1.56. The van der Waals surface area contributed by atoms with Gasteiger partial charge >= 0.3 is 11.9 Å². The zero-order valence-corrected chi connectivity index (χ0v) is 8.50. The summed E-state index contributed by atoms with van der Waals surface area (Å²) >= 11 is 0. The summed E-state index contributed by atoms with van der Waals surface area (Å²) in [6, 6.07) is 4.83. The van der Waals surface area contributed by atoms with Crippen LogP contribution in [0.5, 0.6) is 0 Å². The summed E-state index contributed by atoms with van der Waals surface area (Å²) in [7, 11) is 0. The number of nitro groups is 1. The summed E-state index contributed by atoms with van der Waals surface area (Å²) in [5, 5.41) is 10.3. The van der Waals surface area contributed by atoms with E-state index in [9.17, 15) is 19.7 Å². The number of nitrogens with zero attached hydrogens (tertiary/aromatic N) is 1. The third kappa shape index (κ3) is 2.88. The van der Waals surface area contributed by atoms with Crippen molar-refractivity contribution in [1.82, 2.24) is 0 Å². The van der Waals surface area contributed by atoms with Crippen LogP contribution in [-0.2, 0) is 9.53 Å². The quantitative estimate of drug-likeness (QED) is 0.337. The second-order valence-corrected chi connectivity index (χ2v) is 2.92. The average molecular weight is 223 g/mol. The van der Waals surface area contributed by atoms with Crippen molar-refractivity contribution in [3.63, 3.8) is 0 Å². The molecule has 84 valence electrons. The Bertz CT molecular complexity index is 423. The minimum Gasteiger partial charge on any atom is -0.389 e. The summed E-state index contributed by atoms with van der Waals surface area (Å²) in [6.07, 6.45) is 0.0960. The first-order chi connectivity index (χ1) is 7.54. The lowest BCUT2D eigenvalue weighted by Crippen LogP contribution is -2.11. The van der Waals surface area contributed by atoms with Gasteiger partial charge in [0.1, 0.15) is 0 Å². The average Bonchev–Trinajstić information content (AvgIpc) is 2.28. The molecule has 0 unspecified atom stereocenters. The van der Waals surface area contributed by atoms with Crippen LogP contribution in [0.1, 0.15) is 23.7 Å². The van der Waals surface area contributed by atoms with Crippen LogP contribution in [0.15, 0.2) is 24.3 Å². The van der Waals surface area contributed by atoms with Gasteiger partial charge in [0.15, 0.2) is 0 Å². The van der Waals surface area contributed by atoms with Gasteiger partial charge in [0.2, 0.25) is 0 Å². The first-order valence-electron chi connectivity index (χ1n) is 4.54. The number of benzene rings is 1. The fourth-order valence-electron chi connectivity index (χ4n) is 0.954. The standard InChI is InChI=1S/C10H9NO5/c1-2-9(12)16-10(13)7-3-5-8(6-4-7)11(14)15/h3-6H,2H2,1H3. The molecule has 0 fully saturated rings. The second kappa shape index (κ2) is 5.01. The van der Waals surface area contributed by atoms with Gasteiger partial charge in [0, 0.05) is 18.6 Å². The lowest BCUT2D eigenvalue weighted by molar-refractivity contribution is -0.384. The number of hydrogen-bond donors (Lipinski definition) is 0. The fraction of sp³-hybridized carbons (Fsp3) is 0.200. The maximum atomic E-state index is 11.3. The van der Waals surface area contributed by atoms with Crippen LogP contribution < -0.4 is 0 Å². The Morgan fingerprint density at radius 2 is 1.88 bits per heavy atom. The van der Waals surface area contributed by atoms with Gasteiger partial charge in [-0.05, 0) is 12.1 Å². The van der Waals surface area contributed by atoms with E-state index in [0.717, 1.165) is 0 Å². The number of hydrogen-bond acceptors (Lipinski definition) is 5. The van der Waals surface area contributed by atoms with Crippen molar-refractivity contribution >= 4 is 17.6 Å². The van der Waals surface area contributed by atoms with E-state index in [1.807, 2.05) is 0 Å². The number of ether oxygens (including phenoxy) is 1. The Balaban J connectivity index is 2.78. The van der Waals surface area contributed by atoms with Crippen molar-refractivity contribution in [2.24, 2.45) is 0 Å². The highest BCUT2D eigenvalue weighted by Crippen LogP contribution is 2.12. The molecule has 0 heterocycles. The molecule has 0 bridgehead atoms. The van der Waals surface area contributed by atoms with Crippen LogP contribution in [0.4, 0.5) is 5.69 Å². The fourth-order valence-corrected chi connectivity index (χ4v) is 0.954. The Hall–Kier alpha value is -2.24. The highest BCUT2D eigenvalue weighted by molar-refractivity contribution is 5.96. The third-order valence-corrected chi connectivity index (χ3v) is 1.81. The zero-order chi connectivity index (χ0) is 12.1. The van der Waals surface area contributed by atoms with E-state index < -0.39 is 16.9 Å². The van der Waals surface area contributed by atoms with Gasteiger partial charge in [-0.3, -0.25) is 14.9 Å². The number of esters is 2. The maximum Gasteiger partial charge on any atom is 0.345 e. The van der Waals surface area contributed by atoms with Gasteiger partial charge in [-0.1, -0.05) is 6.92 Å². The Morgan fingerprint density at radius 1 is 1.31 bits per heavy atom. The van der Waals surface area contributed by atoms with Gasteiger partial charge < -0.3 is 4.74 Å². The molecular weight excluding hydrogens is 214 g/mol. The molecule has 0 aromatic heterocycles. The van der Waals surface area contributed by atoms with E-state index in [1.54, 1.807) is 6.92 Å². The molecule has 0 aliphatic rings. The molecule has 0 saturated heterocycles. The summed E-state index contributed by atoms with van der Waals surface area (Å²) in [4.78, 5) is 31.9. The van der Waals surface area contributed by atoms with E-state index in [4.69, 9.17) is 0 Å². The predicted octanol–water partition coefficient (Wildman–Crippen LogP) is 1.69. The SMILES string of the molecule is CCC(=O)OC(=O)c1ccc([N+](=O)[O-])cc1. The van der Waals surface area contributed by atoms with Crippen molar-refractivity contribution in [1.29, 1.82) is 0 Å². The molecule has 0 atom stereocenters. The van der Waals surface area contributed by atoms with Crippen molar-refractivity contribution in [2.75, 3.05) is 0 Å². The van der Waals surface area contributed by atoms with E-state index >= 15 is 0 Å². The minimum absolute atomic E-state index is 0.0960. The van der Waals surface area contributed by atoms with Crippen LogP contribution in [0.2, 0.25) is 0 Å². The first kappa shape index (κ1) is 11.8. The van der Waals surface area contributed by atoms with Gasteiger partial charge in [0.25, 0.3) is 5.69 Å². The van der Waals surface area contributed by atoms with Gasteiger partial charge in [-0.15, -0.1) is 0 Å². The molecule has 0 aliphatic carbocycles. The molecule has 0 N–H and O–H groups in total. The van der Waals surface area contributed by atoms with E-state index in [0.29, 0.717) is 0 Å². The number of nitro benzene ring substituents is 1. The predicted molar refractivity (Wildman–Crippen MR) is 53.8 cm³/mol. The lowest BCUT2D eigenvalue weighted by Gasteiger charge is -2.00. The molecule has 0 aliphatic heterocycles. The zero-order valence-electron chi connectivity index (χ0n) is 8.50. The Labute approximate surface area is 91.0 Å². The third-order valence-electron chi connectivity index (χ3n) is 1.81. The summed E-state index contributed by atoms with van der Waals surface area (Å²) in [5.41, 5.74) is -0.0224. The first-order valence-corrected chi connectivity index (χ1v) is 4.54. The number of carbonyl (C=O) groups is 2. The molecule has 0 amide bonds. The highest BCUT2D eigenvalue weighted by atomic mass is 16.6. The number of non-ortho nitro benzene ring substituents is 1. The van der Waals surface area contributed by atoms with Crippen molar-refractivity contribution in [2.45, 2.75) is 13.3 Å². The maximum absolute atomic E-state index is 11.3. The van der Waals surface area contributed by atoms with E-state index in [2.05, 4.69) is 4.74 Å². The Kier molecular flexibility index (Phi) is 3.71. The van der Waals surface area contributed by atoms with Crippen LogP contribution in [0, 0.1) is 10.1 Å². The molecule has 1 aromatic rings. The molecule has 0 spiro atoms. The second-order valence-electron chi connectivity index (χ2n) is 2.92. The number of carbonyl (C=O) groups excluding carboxylic acids is 2. The van der Waals surface area contributed by atoms with Crippen LogP contribution in [-0.4, -0.2) is 16.9 Å². The lowest BCUT2D eigenvalue weighted by atomic mass is 10.2. The van der Waals surface area contributed by atoms with E-state index in [-0.39, 0.29) is 17.7 Å². The van der Waals surface area contributed by atoms with Crippen LogP contribution >= 0.6 is 0 Å². The van der Waals surface area contributed by atoms with Crippen molar-refractivity contribution in [3.05, 3.63) is 39.9 Å². The molecule has 6 nitrogen and oxygen atoms in total. The molecule has 0 radical (unpaired) electrons. The molecule has 1 aromatic carbocycles. The van der Waals surface area contributed by atoms with E-state index in [1.165, 1.54) is 24.3 Å². The smallest absolute Gasteiger partial charge is 0.345 e. The van der Waals surface area contributed by atoms with Crippen molar-refractivity contribution < 1.29 is 19.2 Å². The summed E-state index contributed by atoms with van der Waals surface area (Å²) < 4.78 is 4.44. The molecule has 16 heavy (non-hydrogen) atoms. The highest BCUT2D eigenvalue weighted by Gasteiger charge is 2.13. The normalized spacial score (nSPS) is 9.56. The largest absolute Gasteiger partial charge is 0.389 e. The van der Waals surface area contributed by atoms with Gasteiger partial charge in [0.05, 0.1) is 10.5 Å².